The van der Waals surface area contributed by atoms with E-state index in [2.05, 4.69) is 36.0 Å². The van der Waals surface area contributed by atoms with Crippen molar-refractivity contribution in [1.29, 1.82) is 0 Å². The molecule has 0 aromatic rings. The maximum atomic E-state index is 3.72. The zero-order valence-corrected chi connectivity index (χ0v) is 11.8. The largest absolute Gasteiger partial charge is 0.310 e. The van der Waals surface area contributed by atoms with Crippen LogP contribution < -0.4 is 5.32 Å². The lowest BCUT2D eigenvalue weighted by molar-refractivity contribution is 0.189. The van der Waals surface area contributed by atoms with Crippen molar-refractivity contribution in [3.63, 3.8) is 0 Å². The van der Waals surface area contributed by atoms with E-state index in [9.17, 15) is 0 Å². The van der Waals surface area contributed by atoms with Gasteiger partial charge in [-0.15, -0.1) is 0 Å². The Morgan fingerprint density at radius 1 is 1.35 bits per heavy atom. The van der Waals surface area contributed by atoms with E-state index in [4.69, 9.17) is 0 Å². The second-order valence-electron chi connectivity index (χ2n) is 6.35. The predicted octanol–water partition coefficient (Wildman–Crippen LogP) is 1.40. The fourth-order valence-electron chi connectivity index (χ4n) is 3.25. The topological polar surface area (TPSA) is 18.5 Å². The number of hydrogen-bond acceptors (Lipinski definition) is 3. The van der Waals surface area contributed by atoms with Crippen LogP contribution >= 0.6 is 0 Å². The lowest BCUT2D eigenvalue weighted by Crippen LogP contribution is -2.49. The van der Waals surface area contributed by atoms with E-state index < -0.39 is 0 Å². The summed E-state index contributed by atoms with van der Waals surface area (Å²) in [5.41, 5.74) is 0.334. The summed E-state index contributed by atoms with van der Waals surface area (Å²) < 4.78 is 0. The maximum Gasteiger partial charge on any atom is 0.0277 e. The summed E-state index contributed by atoms with van der Waals surface area (Å²) in [7, 11) is 2.25. The van der Waals surface area contributed by atoms with Gasteiger partial charge in [0.05, 0.1) is 0 Å². The molecule has 3 heteroatoms. The standard InChI is InChI=1S/C14H29N3/c1-4-14(2)12-17(8-5-7-15-14)11-13-6-9-16(3)10-13/h13,15H,4-12H2,1-3H3. The first kappa shape index (κ1) is 13.3. The van der Waals surface area contributed by atoms with Crippen LogP contribution in [0.15, 0.2) is 0 Å². The first-order valence-corrected chi connectivity index (χ1v) is 7.27. The van der Waals surface area contributed by atoms with Crippen molar-refractivity contribution in [3.8, 4) is 0 Å². The molecule has 0 aliphatic carbocycles. The Bertz CT molecular complexity index is 244. The molecular formula is C14H29N3. The van der Waals surface area contributed by atoms with E-state index in [-0.39, 0.29) is 0 Å². The summed E-state index contributed by atoms with van der Waals surface area (Å²) >= 11 is 0. The van der Waals surface area contributed by atoms with Crippen molar-refractivity contribution in [2.75, 3.05) is 46.3 Å². The van der Waals surface area contributed by atoms with Crippen LogP contribution in [0, 0.1) is 5.92 Å². The van der Waals surface area contributed by atoms with E-state index in [1.807, 2.05) is 0 Å². The lowest BCUT2D eigenvalue weighted by atomic mass is 9.98. The molecule has 2 heterocycles. The molecule has 2 aliphatic rings. The van der Waals surface area contributed by atoms with Crippen LogP contribution in [0.4, 0.5) is 0 Å². The Labute approximate surface area is 107 Å². The van der Waals surface area contributed by atoms with Crippen molar-refractivity contribution < 1.29 is 0 Å². The van der Waals surface area contributed by atoms with Crippen molar-refractivity contribution in [3.05, 3.63) is 0 Å². The molecule has 0 aromatic carbocycles. The van der Waals surface area contributed by atoms with Crippen molar-refractivity contribution in [1.82, 2.24) is 15.1 Å². The molecule has 2 rings (SSSR count). The van der Waals surface area contributed by atoms with Gasteiger partial charge in [0.15, 0.2) is 0 Å². The van der Waals surface area contributed by atoms with Gasteiger partial charge in [0, 0.05) is 25.2 Å². The first-order valence-electron chi connectivity index (χ1n) is 7.27. The zero-order valence-electron chi connectivity index (χ0n) is 11.8. The fraction of sp³-hybridized carbons (Fsp3) is 1.00. The van der Waals surface area contributed by atoms with Crippen LogP contribution in [-0.4, -0.2) is 61.7 Å². The Morgan fingerprint density at radius 3 is 2.82 bits per heavy atom. The average Bonchev–Trinajstić information content (AvgIpc) is 2.59. The molecule has 0 spiro atoms. The third-order valence-corrected chi connectivity index (χ3v) is 4.56. The van der Waals surface area contributed by atoms with Crippen LogP contribution in [-0.2, 0) is 0 Å². The van der Waals surface area contributed by atoms with Gasteiger partial charge in [0.25, 0.3) is 0 Å². The molecule has 2 unspecified atom stereocenters. The third kappa shape index (κ3) is 3.67. The minimum atomic E-state index is 0.334. The number of likely N-dealkylation sites (tertiary alicyclic amines) is 1. The molecule has 2 atom stereocenters. The molecule has 0 radical (unpaired) electrons. The van der Waals surface area contributed by atoms with Gasteiger partial charge in [0.2, 0.25) is 0 Å². The van der Waals surface area contributed by atoms with E-state index in [1.54, 1.807) is 0 Å². The normalized spacial score (nSPS) is 37.2. The van der Waals surface area contributed by atoms with Gasteiger partial charge in [-0.2, -0.15) is 0 Å². The third-order valence-electron chi connectivity index (χ3n) is 4.56. The maximum absolute atomic E-state index is 3.72. The summed E-state index contributed by atoms with van der Waals surface area (Å²) in [5, 5.41) is 3.72. The molecule has 0 amide bonds. The minimum Gasteiger partial charge on any atom is -0.310 e. The molecule has 0 aromatic heterocycles. The molecule has 100 valence electrons. The van der Waals surface area contributed by atoms with Crippen LogP contribution in [0.1, 0.15) is 33.1 Å². The molecule has 3 nitrogen and oxygen atoms in total. The Kier molecular flexibility index (Phi) is 4.45. The van der Waals surface area contributed by atoms with Gasteiger partial charge in [-0.1, -0.05) is 6.92 Å². The van der Waals surface area contributed by atoms with E-state index in [0.717, 1.165) is 5.92 Å². The van der Waals surface area contributed by atoms with E-state index in [1.165, 1.54) is 58.5 Å². The highest BCUT2D eigenvalue weighted by molar-refractivity contribution is 4.89. The first-order chi connectivity index (χ1) is 8.11. The lowest BCUT2D eigenvalue weighted by Gasteiger charge is -2.33. The highest BCUT2D eigenvalue weighted by Crippen LogP contribution is 2.20. The molecular weight excluding hydrogens is 210 g/mol. The highest BCUT2D eigenvalue weighted by atomic mass is 15.2. The number of nitrogens with one attached hydrogen (secondary N) is 1. The van der Waals surface area contributed by atoms with Gasteiger partial charge in [-0.25, -0.2) is 0 Å². The average molecular weight is 239 g/mol. The predicted molar refractivity (Wildman–Crippen MR) is 73.4 cm³/mol. The van der Waals surface area contributed by atoms with Gasteiger partial charge in [0.1, 0.15) is 0 Å². The van der Waals surface area contributed by atoms with Gasteiger partial charge in [-0.05, 0) is 58.8 Å². The smallest absolute Gasteiger partial charge is 0.0277 e. The van der Waals surface area contributed by atoms with Crippen molar-refractivity contribution in [2.45, 2.75) is 38.6 Å². The summed E-state index contributed by atoms with van der Waals surface area (Å²) in [6.07, 6.45) is 3.93. The molecule has 0 saturated carbocycles. The van der Waals surface area contributed by atoms with Gasteiger partial charge >= 0.3 is 0 Å². The second kappa shape index (κ2) is 5.68. The molecule has 2 fully saturated rings. The zero-order chi connectivity index (χ0) is 12.3. The molecule has 1 N–H and O–H groups in total. The highest BCUT2D eigenvalue weighted by Gasteiger charge is 2.29. The number of rotatable bonds is 3. The van der Waals surface area contributed by atoms with Crippen molar-refractivity contribution >= 4 is 0 Å². The Hall–Kier alpha value is -0.120. The van der Waals surface area contributed by atoms with E-state index in [0.29, 0.717) is 5.54 Å². The Morgan fingerprint density at radius 2 is 2.18 bits per heavy atom. The molecule has 2 saturated heterocycles. The summed E-state index contributed by atoms with van der Waals surface area (Å²) in [6.45, 7) is 12.3. The SMILES string of the molecule is CCC1(C)CN(CC2CCN(C)C2)CCCN1. The monoisotopic (exact) mass is 239 g/mol. The van der Waals surface area contributed by atoms with Crippen LogP contribution in [0.5, 0.6) is 0 Å². The van der Waals surface area contributed by atoms with Crippen LogP contribution in [0.25, 0.3) is 0 Å². The number of hydrogen-bond donors (Lipinski definition) is 1. The van der Waals surface area contributed by atoms with E-state index >= 15 is 0 Å². The minimum absolute atomic E-state index is 0.334. The second-order valence-corrected chi connectivity index (χ2v) is 6.35. The van der Waals surface area contributed by atoms with Gasteiger partial charge in [-0.3, -0.25) is 0 Å². The van der Waals surface area contributed by atoms with Crippen LogP contribution in [0.3, 0.4) is 0 Å². The summed E-state index contributed by atoms with van der Waals surface area (Å²) in [4.78, 5) is 5.17. The summed E-state index contributed by atoms with van der Waals surface area (Å²) in [5.74, 6) is 0.902. The molecule has 17 heavy (non-hydrogen) atoms. The molecule has 0 bridgehead atoms. The van der Waals surface area contributed by atoms with Crippen LogP contribution in [0.2, 0.25) is 0 Å². The quantitative estimate of drug-likeness (QED) is 0.803. The Balaban J connectivity index is 1.86. The van der Waals surface area contributed by atoms with Gasteiger partial charge < -0.3 is 15.1 Å². The summed E-state index contributed by atoms with van der Waals surface area (Å²) in [6, 6.07) is 0. The fourth-order valence-corrected chi connectivity index (χ4v) is 3.25. The molecule has 2 aliphatic heterocycles. The number of nitrogens with zero attached hydrogens (tertiary/aromatic N) is 2. The van der Waals surface area contributed by atoms with Crippen molar-refractivity contribution in [2.24, 2.45) is 5.92 Å².